The van der Waals surface area contributed by atoms with E-state index in [1.807, 2.05) is 13.8 Å². The summed E-state index contributed by atoms with van der Waals surface area (Å²) in [5.74, 6) is 2.53. The number of aromatic hydroxyl groups is 1. The van der Waals surface area contributed by atoms with Crippen LogP contribution in [0, 0.1) is 12.3 Å². The van der Waals surface area contributed by atoms with Gasteiger partial charge in [-0.15, -0.1) is 6.42 Å². The molecule has 0 saturated heterocycles. The maximum atomic E-state index is 10.6. The van der Waals surface area contributed by atoms with Gasteiger partial charge in [0.25, 0.3) is 0 Å². The van der Waals surface area contributed by atoms with Gasteiger partial charge in [-0.1, -0.05) is 19.8 Å². The van der Waals surface area contributed by atoms with Crippen molar-refractivity contribution in [3.63, 3.8) is 0 Å². The lowest BCUT2D eigenvalue weighted by atomic mass is 9.97. The smallest absolute Gasteiger partial charge is 0.153 e. The summed E-state index contributed by atoms with van der Waals surface area (Å²) in [6.45, 7) is 4.00. The Morgan fingerprint density at radius 3 is 2.57 bits per heavy atom. The molecular weight excluding hydrogens is 176 g/mol. The van der Waals surface area contributed by atoms with E-state index in [-0.39, 0.29) is 17.2 Å². The van der Waals surface area contributed by atoms with Crippen LogP contribution in [0.4, 0.5) is 0 Å². The van der Waals surface area contributed by atoms with Gasteiger partial charge >= 0.3 is 0 Å². The predicted molar refractivity (Wildman–Crippen MR) is 55.5 cm³/mol. The Morgan fingerprint density at radius 2 is 2.14 bits per heavy atom. The fourth-order valence-electron chi connectivity index (χ4n) is 1.21. The third-order valence-electron chi connectivity index (χ3n) is 2.11. The molecule has 0 radical (unpaired) electrons. The first-order valence-corrected chi connectivity index (χ1v) is 4.38. The van der Waals surface area contributed by atoms with Crippen molar-refractivity contribution in [1.29, 1.82) is 0 Å². The highest BCUT2D eigenvalue weighted by atomic mass is 16.3. The number of rotatable bonds is 2. The number of carbonyl (C=O) groups is 1. The van der Waals surface area contributed by atoms with Crippen molar-refractivity contribution < 1.29 is 9.90 Å². The molecule has 1 N–H and O–H groups in total. The second-order valence-electron chi connectivity index (χ2n) is 3.42. The topological polar surface area (TPSA) is 37.3 Å². The molecule has 0 aliphatic rings. The van der Waals surface area contributed by atoms with Crippen molar-refractivity contribution in [2.45, 2.75) is 19.8 Å². The number of benzene rings is 1. The largest absolute Gasteiger partial charge is 0.506 e. The molecule has 0 saturated carbocycles. The Labute approximate surface area is 83.6 Å². The molecule has 0 aliphatic heterocycles. The molecule has 0 heterocycles. The van der Waals surface area contributed by atoms with E-state index in [0.29, 0.717) is 11.8 Å². The maximum absolute atomic E-state index is 10.6. The first-order valence-electron chi connectivity index (χ1n) is 4.38. The molecule has 0 bridgehead atoms. The summed E-state index contributed by atoms with van der Waals surface area (Å²) in [5, 5.41) is 9.52. The molecule has 2 heteroatoms. The zero-order valence-corrected chi connectivity index (χ0v) is 8.24. The van der Waals surface area contributed by atoms with Gasteiger partial charge in [-0.2, -0.15) is 0 Å². The molecule has 0 atom stereocenters. The van der Waals surface area contributed by atoms with Gasteiger partial charge < -0.3 is 5.11 Å². The van der Waals surface area contributed by atoms with Crippen molar-refractivity contribution in [2.75, 3.05) is 0 Å². The molecule has 14 heavy (non-hydrogen) atoms. The first kappa shape index (κ1) is 10.3. The van der Waals surface area contributed by atoms with Crippen LogP contribution in [0.5, 0.6) is 5.75 Å². The minimum Gasteiger partial charge on any atom is -0.506 e. The predicted octanol–water partition coefficient (Wildman–Crippen LogP) is 2.31. The van der Waals surface area contributed by atoms with E-state index >= 15 is 0 Å². The standard InChI is InChI=1S/C12H12O2/c1-4-9-5-10(8(2)3)6-11(7-13)12(9)14/h1,5-8,14H,2-3H3. The van der Waals surface area contributed by atoms with Crippen LogP contribution in [-0.4, -0.2) is 11.4 Å². The van der Waals surface area contributed by atoms with E-state index in [2.05, 4.69) is 5.92 Å². The van der Waals surface area contributed by atoms with Crippen LogP contribution in [0.1, 0.15) is 41.3 Å². The highest BCUT2D eigenvalue weighted by Gasteiger charge is 2.09. The van der Waals surface area contributed by atoms with Crippen LogP contribution in [0.25, 0.3) is 0 Å². The van der Waals surface area contributed by atoms with Gasteiger partial charge in [0.05, 0.1) is 11.1 Å². The monoisotopic (exact) mass is 188 g/mol. The van der Waals surface area contributed by atoms with Crippen molar-refractivity contribution in [1.82, 2.24) is 0 Å². The van der Waals surface area contributed by atoms with Gasteiger partial charge in [0, 0.05) is 0 Å². The highest BCUT2D eigenvalue weighted by molar-refractivity contribution is 5.81. The number of hydrogen-bond acceptors (Lipinski definition) is 2. The second-order valence-corrected chi connectivity index (χ2v) is 3.42. The number of terminal acetylenes is 1. The van der Waals surface area contributed by atoms with Gasteiger partial charge in [-0.3, -0.25) is 4.79 Å². The van der Waals surface area contributed by atoms with Gasteiger partial charge in [0.2, 0.25) is 0 Å². The Bertz CT molecular complexity index is 398. The lowest BCUT2D eigenvalue weighted by Crippen LogP contribution is -1.93. The molecule has 0 amide bonds. The molecule has 0 aromatic heterocycles. The lowest BCUT2D eigenvalue weighted by Gasteiger charge is -2.08. The zero-order chi connectivity index (χ0) is 10.7. The summed E-state index contributed by atoms with van der Waals surface area (Å²) in [7, 11) is 0. The zero-order valence-electron chi connectivity index (χ0n) is 8.24. The van der Waals surface area contributed by atoms with Crippen LogP contribution in [-0.2, 0) is 0 Å². The number of phenols is 1. The van der Waals surface area contributed by atoms with E-state index in [9.17, 15) is 9.90 Å². The Balaban J connectivity index is 3.41. The summed E-state index contributed by atoms with van der Waals surface area (Å²) >= 11 is 0. The average Bonchev–Trinajstić information content (AvgIpc) is 2.17. The van der Waals surface area contributed by atoms with E-state index in [4.69, 9.17) is 6.42 Å². The van der Waals surface area contributed by atoms with Crippen molar-refractivity contribution in [3.8, 4) is 18.1 Å². The molecule has 0 aliphatic carbocycles. The fraction of sp³-hybridized carbons (Fsp3) is 0.250. The summed E-state index contributed by atoms with van der Waals surface area (Å²) in [6.07, 6.45) is 5.83. The Kier molecular flexibility index (Phi) is 2.93. The number of carbonyl (C=O) groups excluding carboxylic acids is 1. The van der Waals surface area contributed by atoms with Crippen LogP contribution >= 0.6 is 0 Å². The number of hydrogen-bond donors (Lipinski definition) is 1. The van der Waals surface area contributed by atoms with E-state index in [1.54, 1.807) is 12.1 Å². The van der Waals surface area contributed by atoms with Crippen LogP contribution in [0.2, 0.25) is 0 Å². The number of aldehydes is 1. The third-order valence-corrected chi connectivity index (χ3v) is 2.11. The molecule has 0 spiro atoms. The van der Waals surface area contributed by atoms with E-state index < -0.39 is 0 Å². The normalized spacial score (nSPS) is 9.86. The minimum absolute atomic E-state index is 0.105. The molecule has 72 valence electrons. The summed E-state index contributed by atoms with van der Waals surface area (Å²) in [6, 6.07) is 3.39. The Morgan fingerprint density at radius 1 is 1.50 bits per heavy atom. The molecule has 1 aromatic carbocycles. The fourth-order valence-corrected chi connectivity index (χ4v) is 1.21. The molecule has 0 fully saturated rings. The quantitative estimate of drug-likeness (QED) is 0.571. The van der Waals surface area contributed by atoms with E-state index in [0.717, 1.165) is 5.56 Å². The SMILES string of the molecule is C#Cc1cc(C(C)C)cc(C=O)c1O. The summed E-state index contributed by atoms with van der Waals surface area (Å²) in [5.41, 5.74) is 1.58. The first-order chi connectivity index (χ1) is 6.60. The summed E-state index contributed by atoms with van der Waals surface area (Å²) < 4.78 is 0. The average molecular weight is 188 g/mol. The molecular formula is C12H12O2. The van der Waals surface area contributed by atoms with Gasteiger partial charge in [0.1, 0.15) is 5.75 Å². The van der Waals surface area contributed by atoms with E-state index in [1.165, 1.54) is 0 Å². The second kappa shape index (κ2) is 3.97. The Hall–Kier alpha value is -1.75. The highest BCUT2D eigenvalue weighted by Crippen LogP contribution is 2.26. The van der Waals surface area contributed by atoms with Crippen LogP contribution in [0.3, 0.4) is 0 Å². The van der Waals surface area contributed by atoms with Gasteiger partial charge in [0.15, 0.2) is 6.29 Å². The van der Waals surface area contributed by atoms with Gasteiger partial charge in [-0.05, 0) is 23.6 Å². The van der Waals surface area contributed by atoms with Crippen LogP contribution < -0.4 is 0 Å². The lowest BCUT2D eigenvalue weighted by molar-refractivity contribution is 0.112. The van der Waals surface area contributed by atoms with Crippen molar-refractivity contribution >= 4 is 6.29 Å². The van der Waals surface area contributed by atoms with Gasteiger partial charge in [-0.25, -0.2) is 0 Å². The molecule has 2 nitrogen and oxygen atoms in total. The third kappa shape index (κ3) is 1.77. The molecule has 1 rings (SSSR count). The maximum Gasteiger partial charge on any atom is 0.153 e. The summed E-state index contributed by atoms with van der Waals surface area (Å²) in [4.78, 5) is 10.6. The van der Waals surface area contributed by atoms with Crippen molar-refractivity contribution in [2.24, 2.45) is 0 Å². The molecule has 0 unspecified atom stereocenters. The molecule has 1 aromatic rings. The van der Waals surface area contributed by atoms with Crippen LogP contribution in [0.15, 0.2) is 12.1 Å². The van der Waals surface area contributed by atoms with Crippen molar-refractivity contribution in [3.05, 3.63) is 28.8 Å². The minimum atomic E-state index is -0.105. The number of phenolic OH excluding ortho intramolecular Hbond substituents is 1.